The number of hydrogen-bond donors (Lipinski definition) is 1. The van der Waals surface area contributed by atoms with E-state index < -0.39 is 15.1 Å². The zero-order valence-corrected chi connectivity index (χ0v) is 13.2. The standard InChI is InChI=1S/C12H17N3O4S2/c1-7(10(16)13-9-4-5-21(17,18)6-9)20-12-15-14-11(19-12)8-2-3-8/h7-9H,2-6H2,1H3,(H,13,16)/t7-,9+/m1/s1. The third-order valence-electron chi connectivity index (χ3n) is 3.57. The van der Waals surface area contributed by atoms with Gasteiger partial charge in [-0.25, -0.2) is 8.42 Å². The zero-order chi connectivity index (χ0) is 15.0. The molecule has 116 valence electrons. The van der Waals surface area contributed by atoms with Gasteiger partial charge in [0.25, 0.3) is 5.22 Å². The first-order chi connectivity index (χ1) is 9.93. The Labute approximate surface area is 127 Å². The second-order valence-corrected chi connectivity index (χ2v) is 9.07. The summed E-state index contributed by atoms with van der Waals surface area (Å²) in [6.45, 7) is 1.74. The summed E-state index contributed by atoms with van der Waals surface area (Å²) in [4.78, 5) is 12.1. The van der Waals surface area contributed by atoms with Crippen molar-refractivity contribution in [2.24, 2.45) is 0 Å². The molecule has 0 aromatic carbocycles. The smallest absolute Gasteiger partial charge is 0.277 e. The molecule has 3 rings (SSSR count). The van der Waals surface area contributed by atoms with Crippen LogP contribution in [-0.2, 0) is 14.6 Å². The van der Waals surface area contributed by atoms with Gasteiger partial charge in [0, 0.05) is 12.0 Å². The number of rotatable bonds is 5. The molecule has 1 aliphatic carbocycles. The molecule has 1 aromatic heterocycles. The van der Waals surface area contributed by atoms with Crippen LogP contribution >= 0.6 is 11.8 Å². The van der Waals surface area contributed by atoms with E-state index in [9.17, 15) is 13.2 Å². The van der Waals surface area contributed by atoms with Gasteiger partial charge in [0.1, 0.15) is 0 Å². The molecule has 0 unspecified atom stereocenters. The highest BCUT2D eigenvalue weighted by Gasteiger charge is 2.32. The number of nitrogens with one attached hydrogen (secondary N) is 1. The maximum Gasteiger partial charge on any atom is 0.277 e. The Bertz CT molecular complexity index is 639. The molecule has 1 aliphatic heterocycles. The lowest BCUT2D eigenvalue weighted by Gasteiger charge is -2.14. The van der Waals surface area contributed by atoms with Gasteiger partial charge >= 0.3 is 0 Å². The van der Waals surface area contributed by atoms with E-state index in [2.05, 4.69) is 15.5 Å². The fourth-order valence-corrected chi connectivity index (χ4v) is 4.57. The molecule has 7 nitrogen and oxygen atoms in total. The third kappa shape index (κ3) is 3.76. The van der Waals surface area contributed by atoms with Crippen molar-refractivity contribution in [3.05, 3.63) is 5.89 Å². The van der Waals surface area contributed by atoms with E-state index in [1.807, 2.05) is 0 Å². The third-order valence-corrected chi connectivity index (χ3v) is 6.28. The van der Waals surface area contributed by atoms with Crippen molar-refractivity contribution in [3.63, 3.8) is 0 Å². The van der Waals surface area contributed by atoms with Crippen molar-refractivity contribution in [1.29, 1.82) is 0 Å². The number of thioether (sulfide) groups is 1. The first-order valence-electron chi connectivity index (χ1n) is 6.94. The lowest BCUT2D eigenvalue weighted by atomic mass is 10.2. The van der Waals surface area contributed by atoms with Gasteiger partial charge in [-0.2, -0.15) is 0 Å². The molecular weight excluding hydrogens is 314 g/mol. The predicted molar refractivity (Wildman–Crippen MR) is 76.8 cm³/mol. The summed E-state index contributed by atoms with van der Waals surface area (Å²) in [5.74, 6) is 1.01. The lowest BCUT2D eigenvalue weighted by Crippen LogP contribution is -2.39. The molecule has 1 saturated heterocycles. The Morgan fingerprint density at radius 1 is 1.38 bits per heavy atom. The Balaban J connectivity index is 1.52. The maximum atomic E-state index is 12.1. The highest BCUT2D eigenvalue weighted by atomic mass is 32.2. The van der Waals surface area contributed by atoms with Crippen LogP contribution in [0.25, 0.3) is 0 Å². The summed E-state index contributed by atoms with van der Waals surface area (Å²) in [7, 11) is -2.99. The van der Waals surface area contributed by atoms with Gasteiger partial charge in [-0.3, -0.25) is 4.79 Å². The molecule has 9 heteroatoms. The molecule has 2 atom stereocenters. The zero-order valence-electron chi connectivity index (χ0n) is 11.6. The number of sulfone groups is 1. The second-order valence-electron chi connectivity index (χ2n) is 5.55. The average molecular weight is 331 g/mol. The molecule has 2 heterocycles. The summed E-state index contributed by atoms with van der Waals surface area (Å²) in [5, 5.41) is 10.6. The van der Waals surface area contributed by atoms with E-state index in [0.717, 1.165) is 12.8 Å². The first kappa shape index (κ1) is 14.8. The molecule has 2 fully saturated rings. The van der Waals surface area contributed by atoms with Crippen LogP contribution in [0.3, 0.4) is 0 Å². The molecule has 0 bridgehead atoms. The summed E-state index contributed by atoms with van der Waals surface area (Å²) in [6, 6.07) is -0.282. The lowest BCUT2D eigenvalue weighted by molar-refractivity contribution is -0.120. The monoisotopic (exact) mass is 331 g/mol. The molecule has 1 saturated carbocycles. The van der Waals surface area contributed by atoms with Crippen molar-refractivity contribution in [1.82, 2.24) is 15.5 Å². The molecule has 1 aromatic rings. The topological polar surface area (TPSA) is 102 Å². The fraction of sp³-hybridized carbons (Fsp3) is 0.750. The highest BCUT2D eigenvalue weighted by molar-refractivity contribution is 8.00. The first-order valence-corrected chi connectivity index (χ1v) is 9.64. The largest absolute Gasteiger partial charge is 0.416 e. The fourth-order valence-electron chi connectivity index (χ4n) is 2.20. The maximum absolute atomic E-state index is 12.1. The normalized spacial score (nSPS) is 25.7. The van der Waals surface area contributed by atoms with Gasteiger partial charge in [-0.05, 0) is 26.2 Å². The SMILES string of the molecule is C[C@@H](Sc1nnc(C2CC2)o1)C(=O)N[C@H]1CCS(=O)(=O)C1. The number of nitrogens with zero attached hydrogens (tertiary/aromatic N) is 2. The van der Waals surface area contributed by atoms with Gasteiger partial charge in [0.2, 0.25) is 11.8 Å². The second kappa shape index (κ2) is 5.60. The minimum atomic E-state index is -2.99. The number of carbonyl (C=O) groups is 1. The Hall–Kier alpha value is -1.09. The quantitative estimate of drug-likeness (QED) is 0.793. The number of amides is 1. The van der Waals surface area contributed by atoms with Crippen LogP contribution in [-0.4, -0.2) is 47.3 Å². The van der Waals surface area contributed by atoms with E-state index in [4.69, 9.17) is 4.42 Å². The molecule has 2 aliphatic rings. The number of aromatic nitrogens is 2. The van der Waals surface area contributed by atoms with Gasteiger partial charge in [0.05, 0.1) is 16.8 Å². The van der Waals surface area contributed by atoms with E-state index in [1.165, 1.54) is 11.8 Å². The minimum absolute atomic E-state index is 0.0303. The van der Waals surface area contributed by atoms with Crippen molar-refractivity contribution in [2.75, 3.05) is 11.5 Å². The Kier molecular flexibility index (Phi) is 3.96. The predicted octanol–water partition coefficient (Wildman–Crippen LogP) is 0.731. The van der Waals surface area contributed by atoms with Crippen LogP contribution in [0.4, 0.5) is 0 Å². The average Bonchev–Trinajstić information content (AvgIpc) is 3.07. The number of carbonyl (C=O) groups excluding carboxylic acids is 1. The summed E-state index contributed by atoms with van der Waals surface area (Å²) < 4.78 is 28.2. The summed E-state index contributed by atoms with van der Waals surface area (Å²) in [5.41, 5.74) is 0. The van der Waals surface area contributed by atoms with Gasteiger partial charge in [0.15, 0.2) is 9.84 Å². The van der Waals surface area contributed by atoms with Crippen LogP contribution in [0.15, 0.2) is 9.64 Å². The molecule has 0 radical (unpaired) electrons. The van der Waals surface area contributed by atoms with Crippen molar-refractivity contribution in [3.8, 4) is 0 Å². The Morgan fingerprint density at radius 2 is 2.14 bits per heavy atom. The van der Waals surface area contributed by atoms with Gasteiger partial charge in [-0.15, -0.1) is 10.2 Å². The molecular formula is C12H17N3O4S2. The molecule has 0 spiro atoms. The van der Waals surface area contributed by atoms with Crippen LogP contribution in [0, 0.1) is 0 Å². The number of hydrogen-bond acceptors (Lipinski definition) is 7. The van der Waals surface area contributed by atoms with E-state index >= 15 is 0 Å². The Morgan fingerprint density at radius 3 is 2.76 bits per heavy atom. The molecule has 1 amide bonds. The van der Waals surface area contributed by atoms with Crippen LogP contribution in [0.2, 0.25) is 0 Å². The van der Waals surface area contributed by atoms with E-state index in [0.29, 0.717) is 23.5 Å². The van der Waals surface area contributed by atoms with Crippen molar-refractivity contribution >= 4 is 27.5 Å². The highest BCUT2D eigenvalue weighted by Crippen LogP contribution is 2.40. The van der Waals surface area contributed by atoms with E-state index in [1.54, 1.807) is 6.92 Å². The van der Waals surface area contributed by atoms with Crippen molar-refractivity contribution < 1.29 is 17.6 Å². The van der Waals surface area contributed by atoms with Gasteiger partial charge < -0.3 is 9.73 Å². The minimum Gasteiger partial charge on any atom is -0.416 e. The molecule has 1 N–H and O–H groups in total. The van der Waals surface area contributed by atoms with Crippen molar-refractivity contribution in [2.45, 2.75) is 48.6 Å². The summed E-state index contributed by atoms with van der Waals surface area (Å²) >= 11 is 1.20. The molecule has 21 heavy (non-hydrogen) atoms. The van der Waals surface area contributed by atoms with Crippen LogP contribution in [0.1, 0.15) is 38.0 Å². The summed E-state index contributed by atoms with van der Waals surface area (Å²) in [6.07, 6.45) is 2.65. The van der Waals surface area contributed by atoms with Crippen LogP contribution < -0.4 is 5.32 Å². The van der Waals surface area contributed by atoms with E-state index in [-0.39, 0.29) is 23.5 Å². The van der Waals surface area contributed by atoms with Crippen LogP contribution in [0.5, 0.6) is 0 Å². The van der Waals surface area contributed by atoms with Gasteiger partial charge in [-0.1, -0.05) is 11.8 Å².